The lowest BCUT2D eigenvalue weighted by atomic mass is 9.81. The molecule has 0 unspecified atom stereocenters. The molecule has 162 valence electrons. The molecule has 0 bridgehead atoms. The number of ether oxygens (including phenoxy) is 1. The molecule has 1 aliphatic heterocycles. The van der Waals surface area contributed by atoms with E-state index >= 15 is 0 Å². The Kier molecular flexibility index (Phi) is 6.31. The maximum atomic E-state index is 13.1. The first-order valence-corrected chi connectivity index (χ1v) is 10.4. The van der Waals surface area contributed by atoms with Gasteiger partial charge >= 0.3 is 5.97 Å². The van der Waals surface area contributed by atoms with Gasteiger partial charge < -0.3 is 14.7 Å². The van der Waals surface area contributed by atoms with E-state index in [1.54, 1.807) is 30.4 Å². The minimum atomic E-state index is -0.997. The van der Waals surface area contributed by atoms with Crippen molar-refractivity contribution in [1.29, 1.82) is 0 Å². The Morgan fingerprint density at radius 2 is 1.66 bits per heavy atom. The number of amides is 1. The van der Waals surface area contributed by atoms with Crippen LogP contribution in [0.25, 0.3) is 0 Å². The predicted molar refractivity (Wildman–Crippen MR) is 124 cm³/mol. The number of hydrogen-bond donors (Lipinski definition) is 1. The van der Waals surface area contributed by atoms with Crippen LogP contribution >= 0.6 is 0 Å². The van der Waals surface area contributed by atoms with Gasteiger partial charge in [-0.15, -0.1) is 0 Å². The second kappa shape index (κ2) is 9.47. The van der Waals surface area contributed by atoms with E-state index in [0.717, 1.165) is 16.8 Å². The molecular weight excluding hydrogens is 404 g/mol. The Balaban J connectivity index is 1.63. The second-order valence-electron chi connectivity index (χ2n) is 7.63. The van der Waals surface area contributed by atoms with Crippen LogP contribution in [-0.2, 0) is 16.0 Å². The monoisotopic (exact) mass is 428 g/mol. The number of benzene rings is 3. The van der Waals surface area contributed by atoms with Crippen LogP contribution in [0.3, 0.4) is 0 Å². The molecule has 3 atom stereocenters. The number of anilines is 1. The van der Waals surface area contributed by atoms with Crippen LogP contribution in [-0.4, -0.2) is 42.4 Å². The zero-order chi connectivity index (χ0) is 22.5. The minimum Gasteiger partial charge on any atom is -0.497 e. The summed E-state index contributed by atoms with van der Waals surface area (Å²) < 4.78 is 5.21. The molecule has 0 spiro atoms. The van der Waals surface area contributed by atoms with Crippen molar-refractivity contribution in [2.75, 3.05) is 12.0 Å². The molecule has 0 aromatic heterocycles. The van der Waals surface area contributed by atoms with Crippen LogP contribution in [0.5, 0.6) is 5.75 Å². The largest absolute Gasteiger partial charge is 0.497 e. The summed E-state index contributed by atoms with van der Waals surface area (Å²) in [6.45, 7) is 0. The van der Waals surface area contributed by atoms with E-state index in [0.29, 0.717) is 5.75 Å². The maximum absolute atomic E-state index is 13.1. The fourth-order valence-electron chi connectivity index (χ4n) is 3.94. The Bertz CT molecular complexity index is 1100. The molecule has 32 heavy (non-hydrogen) atoms. The number of carboxylic acids is 1. The molecule has 6 heteroatoms. The summed E-state index contributed by atoms with van der Waals surface area (Å²) in [6, 6.07) is 24.8. The van der Waals surface area contributed by atoms with Crippen molar-refractivity contribution >= 4 is 23.8 Å². The molecule has 0 radical (unpaired) electrons. The lowest BCUT2D eigenvalue weighted by molar-refractivity contribution is -0.138. The number of rotatable bonds is 8. The van der Waals surface area contributed by atoms with Crippen molar-refractivity contribution in [2.24, 2.45) is 4.99 Å². The van der Waals surface area contributed by atoms with Gasteiger partial charge in [-0.05, 0) is 35.4 Å². The number of carbonyl (C=O) groups excluding carboxylic acids is 1. The SMILES string of the molecule is COc1ccc(N2C(=O)[C@H](c3ccccc3)[C@@H]2C=N[C@@H](Cc2ccccc2)C(=O)O)cc1. The van der Waals surface area contributed by atoms with E-state index in [-0.39, 0.29) is 18.4 Å². The standard InChI is InChI=1S/C26H24N2O4/c1-32-21-14-12-20(13-15-21)28-23(24(25(28)29)19-10-6-3-7-11-19)17-27-22(26(30)31)16-18-8-4-2-5-9-18/h2-15,17,22-24H,16H2,1H3,(H,30,31)/t22-,23-,24+/m0/s1. The van der Waals surface area contributed by atoms with Gasteiger partial charge in [0.25, 0.3) is 0 Å². The molecule has 1 saturated heterocycles. The fraction of sp³-hybridized carbons (Fsp3) is 0.192. The molecule has 0 aliphatic carbocycles. The number of nitrogens with zero attached hydrogens (tertiary/aromatic N) is 2. The van der Waals surface area contributed by atoms with Gasteiger partial charge in [0.2, 0.25) is 5.91 Å². The first-order chi connectivity index (χ1) is 15.6. The summed E-state index contributed by atoms with van der Waals surface area (Å²) in [4.78, 5) is 31.0. The van der Waals surface area contributed by atoms with E-state index in [4.69, 9.17) is 4.74 Å². The topological polar surface area (TPSA) is 79.2 Å². The summed E-state index contributed by atoms with van der Waals surface area (Å²) in [6.07, 6.45) is 1.90. The fourth-order valence-corrected chi connectivity index (χ4v) is 3.94. The first kappa shape index (κ1) is 21.3. The third-order valence-corrected chi connectivity index (χ3v) is 5.63. The molecule has 6 nitrogen and oxygen atoms in total. The first-order valence-electron chi connectivity index (χ1n) is 10.4. The van der Waals surface area contributed by atoms with Crippen LogP contribution < -0.4 is 9.64 Å². The van der Waals surface area contributed by atoms with Crippen LogP contribution in [0.15, 0.2) is 89.9 Å². The van der Waals surface area contributed by atoms with E-state index in [9.17, 15) is 14.7 Å². The Morgan fingerprint density at radius 3 is 2.25 bits per heavy atom. The molecule has 3 aromatic rings. The Morgan fingerprint density at radius 1 is 1.03 bits per heavy atom. The smallest absolute Gasteiger partial charge is 0.328 e. The van der Waals surface area contributed by atoms with Gasteiger partial charge in [-0.2, -0.15) is 0 Å². The van der Waals surface area contributed by atoms with Gasteiger partial charge in [-0.3, -0.25) is 9.79 Å². The molecular formula is C26H24N2O4. The number of carbonyl (C=O) groups is 2. The van der Waals surface area contributed by atoms with E-state index in [2.05, 4.69) is 4.99 Å². The lowest BCUT2D eigenvalue weighted by Gasteiger charge is -2.45. The zero-order valence-electron chi connectivity index (χ0n) is 17.7. The van der Waals surface area contributed by atoms with Gasteiger partial charge in [0.1, 0.15) is 5.75 Å². The zero-order valence-corrected chi connectivity index (χ0v) is 17.7. The normalized spacial score (nSPS) is 18.9. The summed E-state index contributed by atoms with van der Waals surface area (Å²) in [7, 11) is 1.59. The molecule has 0 saturated carbocycles. The molecule has 1 aliphatic rings. The van der Waals surface area contributed by atoms with E-state index in [1.165, 1.54) is 0 Å². The Labute approximate surface area is 186 Å². The number of β-lactam (4-membered cyclic amide) rings is 1. The number of hydrogen-bond acceptors (Lipinski definition) is 4. The highest BCUT2D eigenvalue weighted by atomic mass is 16.5. The number of carboxylic acid groups (broad SMARTS) is 1. The number of aliphatic carboxylic acids is 1. The van der Waals surface area contributed by atoms with Crippen LogP contribution in [0.4, 0.5) is 5.69 Å². The average Bonchev–Trinajstić information content (AvgIpc) is 2.82. The summed E-state index contributed by atoms with van der Waals surface area (Å²) in [5.74, 6) is -0.760. The van der Waals surface area contributed by atoms with Gasteiger partial charge in [-0.25, -0.2) is 4.79 Å². The number of methoxy groups -OCH3 is 1. The van der Waals surface area contributed by atoms with Crippen molar-refractivity contribution in [2.45, 2.75) is 24.4 Å². The average molecular weight is 428 g/mol. The second-order valence-corrected chi connectivity index (χ2v) is 7.63. The predicted octanol–water partition coefficient (Wildman–Crippen LogP) is 3.96. The summed E-state index contributed by atoms with van der Waals surface area (Å²) in [5, 5.41) is 9.71. The van der Waals surface area contributed by atoms with Gasteiger partial charge in [0, 0.05) is 18.3 Å². The van der Waals surface area contributed by atoms with Crippen molar-refractivity contribution in [3.63, 3.8) is 0 Å². The highest BCUT2D eigenvalue weighted by Crippen LogP contribution is 2.39. The molecule has 1 heterocycles. The highest BCUT2D eigenvalue weighted by Gasteiger charge is 2.48. The molecule has 1 fully saturated rings. The third kappa shape index (κ3) is 4.39. The molecule has 1 amide bonds. The molecule has 3 aromatic carbocycles. The Hall–Kier alpha value is -3.93. The quantitative estimate of drug-likeness (QED) is 0.435. The van der Waals surface area contributed by atoms with Gasteiger partial charge in [-0.1, -0.05) is 60.7 Å². The molecule has 4 rings (SSSR count). The minimum absolute atomic E-state index is 0.0484. The van der Waals surface area contributed by atoms with Crippen LogP contribution in [0, 0.1) is 0 Å². The summed E-state index contributed by atoms with van der Waals surface area (Å²) in [5.41, 5.74) is 2.50. The van der Waals surface area contributed by atoms with E-state index in [1.807, 2.05) is 72.8 Å². The van der Waals surface area contributed by atoms with Crippen LogP contribution in [0.1, 0.15) is 17.0 Å². The third-order valence-electron chi connectivity index (χ3n) is 5.63. The van der Waals surface area contributed by atoms with Crippen molar-refractivity contribution in [1.82, 2.24) is 0 Å². The van der Waals surface area contributed by atoms with Crippen molar-refractivity contribution < 1.29 is 19.4 Å². The summed E-state index contributed by atoms with van der Waals surface area (Å²) >= 11 is 0. The van der Waals surface area contributed by atoms with Gasteiger partial charge in [0.05, 0.1) is 19.1 Å². The van der Waals surface area contributed by atoms with Gasteiger partial charge in [0.15, 0.2) is 6.04 Å². The lowest BCUT2D eigenvalue weighted by Crippen LogP contribution is -2.60. The van der Waals surface area contributed by atoms with Crippen LogP contribution in [0.2, 0.25) is 0 Å². The van der Waals surface area contributed by atoms with Crippen molar-refractivity contribution in [3.8, 4) is 5.75 Å². The molecule has 1 N–H and O–H groups in total. The van der Waals surface area contributed by atoms with E-state index < -0.39 is 17.9 Å². The number of aliphatic imine (C=N–C) groups is 1. The van der Waals surface area contributed by atoms with Crippen molar-refractivity contribution in [3.05, 3.63) is 96.1 Å². The maximum Gasteiger partial charge on any atom is 0.328 e. The highest BCUT2D eigenvalue weighted by molar-refractivity contribution is 6.12.